The molecular weight excluding hydrogens is 533 g/mol. The second-order valence-corrected chi connectivity index (χ2v) is 8.28. The molecule has 0 heterocycles. The van der Waals surface area contributed by atoms with Crippen molar-refractivity contribution in [2.75, 3.05) is 12.4 Å². The zero-order chi connectivity index (χ0) is 23.8. The fourth-order valence-corrected chi connectivity index (χ4v) is 3.64. The van der Waals surface area contributed by atoms with Crippen molar-refractivity contribution in [2.45, 2.75) is 6.61 Å². The van der Waals surface area contributed by atoms with E-state index in [1.165, 1.54) is 19.4 Å². The minimum Gasteiger partial charge on any atom is -0.493 e. The Labute approximate surface area is 208 Å². The van der Waals surface area contributed by atoms with Crippen molar-refractivity contribution in [3.05, 3.63) is 86.3 Å². The van der Waals surface area contributed by atoms with Gasteiger partial charge in [0.05, 0.1) is 17.8 Å². The molecule has 3 aromatic rings. The third-order valence-corrected chi connectivity index (χ3v) is 5.44. The molecule has 0 radical (unpaired) electrons. The fourth-order valence-electron chi connectivity index (χ4n) is 2.69. The molecule has 2 N–H and O–H groups in total. The van der Waals surface area contributed by atoms with E-state index < -0.39 is 11.8 Å². The van der Waals surface area contributed by atoms with Gasteiger partial charge in [-0.25, -0.2) is 5.43 Å². The second kappa shape index (κ2) is 11.7. The first-order valence-electron chi connectivity index (χ1n) is 9.51. The van der Waals surface area contributed by atoms with Gasteiger partial charge in [-0.15, -0.1) is 0 Å². The van der Waals surface area contributed by atoms with Gasteiger partial charge in [0.1, 0.15) is 6.61 Å². The van der Waals surface area contributed by atoms with Crippen LogP contribution in [0.15, 0.2) is 70.2 Å². The molecule has 0 unspecified atom stereocenters. The van der Waals surface area contributed by atoms with E-state index in [9.17, 15) is 9.59 Å². The smallest absolute Gasteiger partial charge is 0.329 e. The Morgan fingerprint density at radius 3 is 2.58 bits per heavy atom. The molecule has 0 spiro atoms. The summed E-state index contributed by atoms with van der Waals surface area (Å²) in [5.41, 5.74) is 4.00. The van der Waals surface area contributed by atoms with Gasteiger partial charge < -0.3 is 14.8 Å². The Kier molecular flexibility index (Phi) is 8.71. The Morgan fingerprint density at radius 1 is 1.06 bits per heavy atom. The lowest BCUT2D eigenvalue weighted by Crippen LogP contribution is -2.32. The number of ether oxygens (including phenoxy) is 2. The number of hydrogen-bond acceptors (Lipinski definition) is 5. The average molecular weight is 551 g/mol. The predicted molar refractivity (Wildman–Crippen MR) is 132 cm³/mol. The van der Waals surface area contributed by atoms with E-state index in [1.54, 1.807) is 36.4 Å². The van der Waals surface area contributed by atoms with Crippen LogP contribution in [0, 0.1) is 0 Å². The number of nitrogens with zero attached hydrogens (tertiary/aromatic N) is 1. The van der Waals surface area contributed by atoms with Gasteiger partial charge in [0.15, 0.2) is 11.5 Å². The van der Waals surface area contributed by atoms with E-state index in [0.29, 0.717) is 37.3 Å². The van der Waals surface area contributed by atoms with Crippen molar-refractivity contribution in [1.29, 1.82) is 0 Å². The van der Waals surface area contributed by atoms with Gasteiger partial charge in [0.25, 0.3) is 0 Å². The van der Waals surface area contributed by atoms with Gasteiger partial charge in [-0.05, 0) is 57.9 Å². The van der Waals surface area contributed by atoms with Crippen LogP contribution >= 0.6 is 39.1 Å². The van der Waals surface area contributed by atoms with Crippen LogP contribution < -0.4 is 20.2 Å². The predicted octanol–water partition coefficient (Wildman–Crippen LogP) is 5.43. The molecule has 0 saturated heterocycles. The number of carbonyl (C=O) groups is 2. The molecule has 10 heteroatoms. The van der Waals surface area contributed by atoms with Crippen molar-refractivity contribution in [3.63, 3.8) is 0 Å². The van der Waals surface area contributed by atoms with Gasteiger partial charge in [-0.2, -0.15) is 5.10 Å². The molecule has 3 aromatic carbocycles. The first-order valence-corrected chi connectivity index (χ1v) is 11.1. The van der Waals surface area contributed by atoms with E-state index in [2.05, 4.69) is 31.8 Å². The monoisotopic (exact) mass is 549 g/mol. The SMILES string of the molecule is COc1cc(C=NNC(=O)C(=O)Nc2cccc(Cl)c2)cc(Br)c1OCc1ccccc1Cl. The highest BCUT2D eigenvalue weighted by molar-refractivity contribution is 9.10. The van der Waals surface area contributed by atoms with Crippen LogP contribution in [0.1, 0.15) is 11.1 Å². The van der Waals surface area contributed by atoms with Crippen LogP contribution in [0.25, 0.3) is 0 Å². The Morgan fingerprint density at radius 2 is 1.85 bits per heavy atom. The van der Waals surface area contributed by atoms with Gasteiger partial charge in [0, 0.05) is 21.3 Å². The maximum Gasteiger partial charge on any atom is 0.329 e. The van der Waals surface area contributed by atoms with Crippen molar-refractivity contribution in [3.8, 4) is 11.5 Å². The van der Waals surface area contributed by atoms with E-state index in [4.69, 9.17) is 32.7 Å². The quantitative estimate of drug-likeness (QED) is 0.233. The van der Waals surface area contributed by atoms with E-state index in [0.717, 1.165) is 5.56 Å². The van der Waals surface area contributed by atoms with Gasteiger partial charge in [-0.1, -0.05) is 47.5 Å². The summed E-state index contributed by atoms with van der Waals surface area (Å²) in [7, 11) is 1.51. The molecule has 0 aliphatic rings. The number of methoxy groups -OCH3 is 1. The van der Waals surface area contributed by atoms with Crippen molar-refractivity contribution in [1.82, 2.24) is 5.43 Å². The third-order valence-electron chi connectivity index (χ3n) is 4.25. The van der Waals surface area contributed by atoms with Crippen LogP contribution in [0.4, 0.5) is 5.69 Å². The standard InChI is InChI=1S/C23H18BrCl2N3O4/c1-32-20-10-14(9-18(24)21(20)33-13-15-5-2-3-8-19(15)26)12-27-29-23(31)22(30)28-17-7-4-6-16(25)11-17/h2-12H,13H2,1H3,(H,28,30)(H,29,31). The summed E-state index contributed by atoms with van der Waals surface area (Å²) in [5.74, 6) is -0.879. The zero-order valence-corrected chi connectivity index (χ0v) is 20.4. The van der Waals surface area contributed by atoms with Gasteiger partial charge in [0.2, 0.25) is 0 Å². The molecule has 33 heavy (non-hydrogen) atoms. The number of amides is 2. The van der Waals surface area contributed by atoms with E-state index >= 15 is 0 Å². The first kappa shape index (κ1) is 24.6. The lowest BCUT2D eigenvalue weighted by atomic mass is 10.2. The zero-order valence-electron chi connectivity index (χ0n) is 17.3. The lowest BCUT2D eigenvalue weighted by molar-refractivity contribution is -0.136. The number of carbonyl (C=O) groups excluding carboxylic acids is 2. The summed E-state index contributed by atoms with van der Waals surface area (Å²) < 4.78 is 11.9. The average Bonchev–Trinajstić information content (AvgIpc) is 2.79. The topological polar surface area (TPSA) is 89.0 Å². The molecule has 0 fully saturated rings. The number of benzene rings is 3. The lowest BCUT2D eigenvalue weighted by Gasteiger charge is -2.14. The van der Waals surface area contributed by atoms with Crippen molar-refractivity contribution >= 4 is 62.8 Å². The Bertz CT molecular complexity index is 1200. The van der Waals surface area contributed by atoms with Crippen LogP contribution in [-0.4, -0.2) is 25.1 Å². The molecule has 0 aromatic heterocycles. The molecule has 170 valence electrons. The molecule has 0 aliphatic heterocycles. The molecular formula is C23H18BrCl2N3O4. The van der Waals surface area contributed by atoms with E-state index in [-0.39, 0.29) is 6.61 Å². The van der Waals surface area contributed by atoms with Crippen LogP contribution in [-0.2, 0) is 16.2 Å². The highest BCUT2D eigenvalue weighted by Crippen LogP contribution is 2.37. The number of hydrazone groups is 1. The maximum atomic E-state index is 12.0. The minimum absolute atomic E-state index is 0.250. The van der Waals surface area contributed by atoms with Crippen LogP contribution in [0.2, 0.25) is 10.0 Å². The maximum absolute atomic E-state index is 12.0. The van der Waals surface area contributed by atoms with E-state index in [1.807, 2.05) is 18.2 Å². The molecule has 3 rings (SSSR count). The van der Waals surface area contributed by atoms with Crippen molar-refractivity contribution in [2.24, 2.45) is 5.10 Å². The molecule has 0 saturated carbocycles. The highest BCUT2D eigenvalue weighted by atomic mass is 79.9. The van der Waals surface area contributed by atoms with Gasteiger partial charge in [-0.3, -0.25) is 9.59 Å². The molecule has 2 amide bonds. The van der Waals surface area contributed by atoms with Crippen molar-refractivity contribution < 1.29 is 19.1 Å². The second-order valence-electron chi connectivity index (χ2n) is 6.58. The molecule has 0 aliphatic carbocycles. The number of nitrogens with one attached hydrogen (secondary N) is 2. The molecule has 0 atom stereocenters. The highest BCUT2D eigenvalue weighted by Gasteiger charge is 2.14. The summed E-state index contributed by atoms with van der Waals surface area (Å²) in [5, 5.41) is 7.30. The Balaban J connectivity index is 1.63. The summed E-state index contributed by atoms with van der Waals surface area (Å²) >= 11 is 15.5. The summed E-state index contributed by atoms with van der Waals surface area (Å²) in [4.78, 5) is 24.0. The van der Waals surface area contributed by atoms with Crippen LogP contribution in [0.5, 0.6) is 11.5 Å². The number of rotatable bonds is 7. The number of hydrogen-bond donors (Lipinski definition) is 2. The molecule has 0 bridgehead atoms. The fraction of sp³-hybridized carbons (Fsp3) is 0.0870. The number of anilines is 1. The first-order chi connectivity index (χ1) is 15.9. The summed E-state index contributed by atoms with van der Waals surface area (Å²) in [6.45, 7) is 0.250. The van der Waals surface area contributed by atoms with Crippen LogP contribution in [0.3, 0.4) is 0 Å². The molecule has 7 nitrogen and oxygen atoms in total. The largest absolute Gasteiger partial charge is 0.493 e. The Hall–Kier alpha value is -3.07. The summed E-state index contributed by atoms with van der Waals surface area (Å²) in [6.07, 6.45) is 1.37. The summed E-state index contributed by atoms with van der Waals surface area (Å²) in [6, 6.07) is 17.2. The normalized spacial score (nSPS) is 10.7. The number of halogens is 3. The van der Waals surface area contributed by atoms with Gasteiger partial charge >= 0.3 is 11.8 Å². The minimum atomic E-state index is -0.933. The third kappa shape index (κ3) is 6.95.